The lowest BCUT2D eigenvalue weighted by atomic mass is 9.94. The summed E-state index contributed by atoms with van der Waals surface area (Å²) >= 11 is 7.36. The van der Waals surface area contributed by atoms with E-state index in [1.807, 2.05) is 19.9 Å². The first kappa shape index (κ1) is 24.4. The maximum absolute atomic E-state index is 12.5. The molecule has 10 nitrogen and oxygen atoms in total. The van der Waals surface area contributed by atoms with Crippen LogP contribution in [-0.4, -0.2) is 61.4 Å². The lowest BCUT2D eigenvalue weighted by molar-refractivity contribution is -0.131. The lowest BCUT2D eigenvalue weighted by Gasteiger charge is -2.22. The molecule has 0 aliphatic heterocycles. The molecule has 0 aromatic carbocycles. The summed E-state index contributed by atoms with van der Waals surface area (Å²) in [5, 5.41) is 24.8. The minimum Gasteiger partial charge on any atom is -0.389 e. The summed E-state index contributed by atoms with van der Waals surface area (Å²) in [6, 6.07) is 2.98. The highest BCUT2D eigenvalue weighted by molar-refractivity contribution is 7.16. The average molecular weight is 504 g/mol. The van der Waals surface area contributed by atoms with Crippen molar-refractivity contribution in [1.29, 1.82) is 0 Å². The summed E-state index contributed by atoms with van der Waals surface area (Å²) in [7, 11) is 1.57. The molecule has 3 aromatic heterocycles. The molecular formula is C22H26ClN7O3S. The van der Waals surface area contributed by atoms with Crippen LogP contribution < -0.4 is 16.2 Å². The number of rotatable bonds is 6. The Morgan fingerprint density at radius 2 is 2.06 bits per heavy atom. The predicted molar refractivity (Wildman–Crippen MR) is 130 cm³/mol. The minimum absolute atomic E-state index is 0.280. The van der Waals surface area contributed by atoms with Crippen LogP contribution in [0.25, 0.3) is 11.2 Å². The molecule has 3 aromatic rings. The van der Waals surface area contributed by atoms with Crippen molar-refractivity contribution in [2.75, 3.05) is 18.9 Å². The molecule has 34 heavy (non-hydrogen) atoms. The van der Waals surface area contributed by atoms with Crippen molar-refractivity contribution in [3.8, 4) is 11.8 Å². The number of nitrogens with zero attached hydrogens (tertiary/aromatic N) is 4. The second-order valence-electron chi connectivity index (χ2n) is 8.10. The first-order valence-corrected chi connectivity index (χ1v) is 12.1. The zero-order valence-corrected chi connectivity index (χ0v) is 20.5. The Morgan fingerprint density at radius 1 is 1.26 bits per heavy atom. The van der Waals surface area contributed by atoms with E-state index in [0.29, 0.717) is 27.9 Å². The third-order valence-corrected chi connectivity index (χ3v) is 7.03. The van der Waals surface area contributed by atoms with Crippen LogP contribution in [0, 0.1) is 23.7 Å². The molecule has 0 saturated heterocycles. The largest absolute Gasteiger partial charge is 0.389 e. The van der Waals surface area contributed by atoms with Crippen molar-refractivity contribution in [3.63, 3.8) is 0 Å². The number of nitrogens with one attached hydrogen (secondary N) is 3. The fourth-order valence-corrected chi connectivity index (χ4v) is 5.22. The molecule has 1 amide bonds. The van der Waals surface area contributed by atoms with Crippen LogP contribution in [0.15, 0.2) is 18.5 Å². The smallest absolute Gasteiger partial charge is 0.240 e. The molecule has 4 rings (SSSR count). The summed E-state index contributed by atoms with van der Waals surface area (Å²) in [6.07, 6.45) is 0.00797. The van der Waals surface area contributed by atoms with Crippen LogP contribution in [0.4, 0.5) is 5.82 Å². The fraction of sp³-hybridized carbons (Fsp3) is 0.455. The van der Waals surface area contributed by atoms with E-state index < -0.39 is 36.0 Å². The van der Waals surface area contributed by atoms with Crippen molar-refractivity contribution in [2.24, 2.45) is 11.8 Å². The number of anilines is 1. The molecular weight excluding hydrogens is 478 g/mol. The standard InChI is InChI=1S/C22H26ClN7O3S/c1-4-9-25-20-16-21(28-14(27-20)8-6-12-5-7-13(23)34-12)30(10-26-16)17-11(2)15(18(31)19(17)32)22(33)29-24-3/h5,7,10-11,15,17-19,24,31-32H,4,9H2,1-3H3,(H,29,33)(H,25,27,28)/t11?,15-,17+,18+,19?/m0/s1. The fourth-order valence-electron chi connectivity index (χ4n) is 4.32. The van der Waals surface area contributed by atoms with Gasteiger partial charge in [-0.3, -0.25) is 10.2 Å². The summed E-state index contributed by atoms with van der Waals surface area (Å²) in [5.74, 6) is 5.21. The van der Waals surface area contributed by atoms with E-state index in [1.54, 1.807) is 24.0 Å². The van der Waals surface area contributed by atoms with E-state index in [0.717, 1.165) is 11.3 Å². The van der Waals surface area contributed by atoms with Gasteiger partial charge in [0, 0.05) is 13.6 Å². The summed E-state index contributed by atoms with van der Waals surface area (Å²) < 4.78 is 2.34. The third-order valence-electron chi connectivity index (χ3n) is 5.88. The van der Waals surface area contributed by atoms with E-state index >= 15 is 0 Å². The first-order chi connectivity index (χ1) is 16.3. The van der Waals surface area contributed by atoms with Crippen molar-refractivity contribution >= 4 is 45.8 Å². The number of aromatic nitrogens is 4. The topological polar surface area (TPSA) is 137 Å². The zero-order chi connectivity index (χ0) is 24.4. The number of fused-ring (bicyclic) bond motifs is 1. The van der Waals surface area contributed by atoms with E-state index in [1.165, 1.54) is 11.3 Å². The number of hydrogen-bond acceptors (Lipinski definition) is 9. The number of aliphatic hydroxyl groups excluding tert-OH is 2. The number of halogens is 1. The Labute approximate surface area is 205 Å². The molecule has 0 radical (unpaired) electrons. The Hall–Kier alpha value is -2.75. The molecule has 2 unspecified atom stereocenters. The van der Waals surface area contributed by atoms with Crippen molar-refractivity contribution < 1.29 is 15.0 Å². The molecule has 1 aliphatic rings. The number of aliphatic hydroxyl groups is 2. The highest BCUT2D eigenvalue weighted by atomic mass is 35.5. The van der Waals surface area contributed by atoms with Gasteiger partial charge in [0.2, 0.25) is 11.7 Å². The predicted octanol–water partition coefficient (Wildman–Crippen LogP) is 1.54. The molecule has 5 atom stereocenters. The molecule has 12 heteroatoms. The lowest BCUT2D eigenvalue weighted by Crippen LogP contribution is -2.44. The number of hydrazine groups is 1. The van der Waals surface area contributed by atoms with Gasteiger partial charge in [-0.1, -0.05) is 25.4 Å². The Kier molecular flexibility index (Phi) is 7.35. The van der Waals surface area contributed by atoms with E-state index in [-0.39, 0.29) is 5.82 Å². The number of thiophene rings is 1. The van der Waals surface area contributed by atoms with Crippen LogP contribution in [0.5, 0.6) is 0 Å². The van der Waals surface area contributed by atoms with Gasteiger partial charge in [0.05, 0.1) is 33.6 Å². The number of amides is 1. The van der Waals surface area contributed by atoms with Crippen LogP contribution in [-0.2, 0) is 4.79 Å². The quantitative estimate of drug-likeness (QED) is 0.252. The van der Waals surface area contributed by atoms with Crippen LogP contribution in [0.1, 0.15) is 37.0 Å². The molecule has 180 valence electrons. The number of imidazole rings is 1. The Morgan fingerprint density at radius 3 is 2.74 bits per heavy atom. The Bertz CT molecular complexity index is 1250. The first-order valence-electron chi connectivity index (χ1n) is 10.9. The third kappa shape index (κ3) is 4.60. The van der Waals surface area contributed by atoms with E-state index in [4.69, 9.17) is 11.6 Å². The van der Waals surface area contributed by atoms with Crippen molar-refractivity contribution in [1.82, 2.24) is 30.4 Å². The van der Waals surface area contributed by atoms with Crippen LogP contribution >= 0.6 is 22.9 Å². The number of carbonyl (C=O) groups is 1. The average Bonchev–Trinajstić information content (AvgIpc) is 3.47. The van der Waals surface area contributed by atoms with Gasteiger partial charge in [-0.2, -0.15) is 0 Å². The summed E-state index contributed by atoms with van der Waals surface area (Å²) in [4.78, 5) is 26.9. The Balaban J connectivity index is 1.77. The molecule has 0 spiro atoms. The van der Waals surface area contributed by atoms with E-state index in [9.17, 15) is 15.0 Å². The maximum atomic E-state index is 12.5. The summed E-state index contributed by atoms with van der Waals surface area (Å²) in [5.41, 5.74) is 6.06. The van der Waals surface area contributed by atoms with E-state index in [2.05, 4.69) is 43.0 Å². The van der Waals surface area contributed by atoms with Gasteiger partial charge in [-0.05, 0) is 36.3 Å². The maximum Gasteiger partial charge on any atom is 0.240 e. The molecule has 1 saturated carbocycles. The molecule has 1 fully saturated rings. The monoisotopic (exact) mass is 503 g/mol. The molecule has 3 heterocycles. The van der Waals surface area contributed by atoms with Gasteiger partial charge in [0.15, 0.2) is 17.0 Å². The summed E-state index contributed by atoms with van der Waals surface area (Å²) in [6.45, 7) is 4.54. The SMILES string of the molecule is CCCNc1nc(C#Cc2ccc(Cl)s2)nc2c1ncn2[C@H]1C(O)[C@H](O)[C@@H](C(=O)NNC)C1C. The van der Waals surface area contributed by atoms with Gasteiger partial charge in [0.1, 0.15) is 6.10 Å². The number of carbonyl (C=O) groups excluding carboxylic acids is 1. The van der Waals surface area contributed by atoms with Gasteiger partial charge in [-0.15, -0.1) is 11.3 Å². The van der Waals surface area contributed by atoms with Gasteiger partial charge in [0.25, 0.3) is 0 Å². The van der Waals surface area contributed by atoms with Gasteiger partial charge < -0.3 is 20.1 Å². The molecule has 1 aliphatic carbocycles. The second-order valence-corrected chi connectivity index (χ2v) is 9.81. The highest BCUT2D eigenvalue weighted by Crippen LogP contribution is 2.42. The van der Waals surface area contributed by atoms with Crippen LogP contribution in [0.3, 0.4) is 0 Å². The van der Waals surface area contributed by atoms with Crippen molar-refractivity contribution in [2.45, 2.75) is 38.5 Å². The normalized spacial score (nSPS) is 24.1. The number of hydrogen-bond donors (Lipinski definition) is 5. The van der Waals surface area contributed by atoms with Crippen LogP contribution in [0.2, 0.25) is 4.34 Å². The van der Waals surface area contributed by atoms with Gasteiger partial charge >= 0.3 is 0 Å². The highest BCUT2D eigenvalue weighted by Gasteiger charge is 2.51. The molecule has 0 bridgehead atoms. The van der Waals surface area contributed by atoms with Crippen molar-refractivity contribution in [3.05, 3.63) is 33.5 Å². The molecule has 5 N–H and O–H groups in total. The second kappa shape index (κ2) is 10.2. The minimum atomic E-state index is -1.24. The van der Waals surface area contributed by atoms with Gasteiger partial charge in [-0.25, -0.2) is 20.4 Å². The zero-order valence-electron chi connectivity index (χ0n) is 18.9.